The molecule has 0 atom stereocenters. The van der Waals surface area contributed by atoms with Crippen LogP contribution in [0.3, 0.4) is 0 Å². The third-order valence-corrected chi connectivity index (χ3v) is 17.9. The molecule has 3 aromatic heterocycles. The van der Waals surface area contributed by atoms with Crippen molar-refractivity contribution >= 4 is 188 Å². The lowest BCUT2D eigenvalue weighted by molar-refractivity contribution is 0.590. The van der Waals surface area contributed by atoms with Crippen molar-refractivity contribution in [2.24, 2.45) is 0 Å². The zero-order chi connectivity index (χ0) is 46.2. The number of hydrogen-bond acceptors (Lipinski definition) is 4. The Morgan fingerprint density at radius 2 is 1.13 bits per heavy atom. The lowest BCUT2D eigenvalue weighted by Crippen LogP contribution is -2.58. The molecule has 2 aliphatic rings. The Labute approximate surface area is 409 Å². The molecule has 0 N–H and O–H groups in total. The zero-order valence-corrected chi connectivity index (χ0v) is 40.5. The highest BCUT2D eigenvalue weighted by molar-refractivity contribution is 8.01. The number of furan rings is 1. The molecule has 8 aromatic carbocycles. The van der Waals surface area contributed by atoms with Gasteiger partial charge in [0.2, 0.25) is 0 Å². The normalized spacial score (nSPS) is 13.7. The molecule has 2 nitrogen and oxygen atoms in total. The lowest BCUT2D eigenvalue weighted by atomic mass is 9.36. The Kier molecular flexibility index (Phi) is 8.96. The third kappa shape index (κ3) is 5.93. The highest BCUT2D eigenvalue weighted by Crippen LogP contribution is 2.51. The second-order valence-corrected chi connectivity index (χ2v) is 23.5. The van der Waals surface area contributed by atoms with Gasteiger partial charge in [-0.25, -0.2) is 0 Å². The van der Waals surface area contributed by atoms with E-state index in [1.807, 2.05) is 11.3 Å². The molecular formula is C56H37B6NOS3. The predicted octanol–water partition coefficient (Wildman–Crippen LogP) is 8.73. The molecule has 0 spiro atoms. The lowest BCUT2D eigenvalue weighted by Gasteiger charge is -2.34. The summed E-state index contributed by atoms with van der Waals surface area (Å²) in [6.45, 7) is 13.6. The van der Waals surface area contributed by atoms with Crippen molar-refractivity contribution in [3.8, 4) is 16.8 Å². The van der Waals surface area contributed by atoms with Crippen LogP contribution in [0.5, 0.6) is 0 Å². The van der Waals surface area contributed by atoms with Crippen molar-refractivity contribution in [2.75, 3.05) is 0 Å². The molecule has 5 heterocycles. The van der Waals surface area contributed by atoms with Crippen LogP contribution >= 0.6 is 34.9 Å². The molecule has 13 rings (SSSR count). The minimum absolute atomic E-state index is 0.00180. The van der Waals surface area contributed by atoms with Gasteiger partial charge in [0.15, 0.2) is 0 Å². The molecule has 0 amide bonds. The van der Waals surface area contributed by atoms with Gasteiger partial charge in [0, 0.05) is 67.0 Å². The van der Waals surface area contributed by atoms with Gasteiger partial charge in [0.05, 0.1) is 11.0 Å². The number of para-hydroxylation sites is 1. The Morgan fingerprint density at radius 1 is 0.537 bits per heavy atom. The summed E-state index contributed by atoms with van der Waals surface area (Å²) in [5.41, 5.74) is 14.4. The first-order valence-electron chi connectivity index (χ1n) is 22.6. The zero-order valence-electron chi connectivity index (χ0n) is 38.0. The van der Waals surface area contributed by atoms with Crippen LogP contribution < -0.4 is 43.7 Å². The van der Waals surface area contributed by atoms with Gasteiger partial charge in [-0.2, -0.15) is 0 Å². The van der Waals surface area contributed by atoms with E-state index in [0.29, 0.717) is 16.5 Å². The molecular weight excluding hydrogens is 864 g/mol. The quantitative estimate of drug-likeness (QED) is 0.162. The van der Waals surface area contributed by atoms with Crippen LogP contribution in [0.15, 0.2) is 139 Å². The van der Waals surface area contributed by atoms with E-state index in [9.17, 15) is 0 Å². The third-order valence-electron chi connectivity index (χ3n) is 14.3. The summed E-state index contributed by atoms with van der Waals surface area (Å²) in [5, 5.41) is 7.28. The maximum Gasteiger partial charge on any atom is 0.252 e. The number of hydrogen-bond donors (Lipinski definition) is 0. The van der Waals surface area contributed by atoms with E-state index >= 15 is 0 Å². The number of benzene rings is 8. The van der Waals surface area contributed by atoms with Crippen molar-refractivity contribution in [3.05, 3.63) is 126 Å². The molecule has 308 valence electrons. The van der Waals surface area contributed by atoms with Crippen molar-refractivity contribution in [1.82, 2.24) is 4.57 Å². The maximum atomic E-state index is 7.12. The molecule has 0 fully saturated rings. The summed E-state index contributed by atoms with van der Waals surface area (Å²) in [5.74, 6) is 0. The van der Waals surface area contributed by atoms with Crippen molar-refractivity contribution < 1.29 is 4.42 Å². The largest absolute Gasteiger partial charge is 0.457 e. The van der Waals surface area contributed by atoms with E-state index in [1.54, 1.807) is 23.5 Å². The Morgan fingerprint density at radius 3 is 1.79 bits per heavy atom. The van der Waals surface area contributed by atoms with E-state index < -0.39 is 0 Å². The fourth-order valence-electron chi connectivity index (χ4n) is 10.8. The first-order chi connectivity index (χ1) is 32.1. The molecule has 2 aliphatic heterocycles. The summed E-state index contributed by atoms with van der Waals surface area (Å²) in [6, 6.07) is 42.8. The summed E-state index contributed by atoms with van der Waals surface area (Å²) in [4.78, 5) is 4.61. The van der Waals surface area contributed by atoms with Gasteiger partial charge in [0.25, 0.3) is 6.71 Å². The van der Waals surface area contributed by atoms with Gasteiger partial charge in [-0.05, 0) is 105 Å². The van der Waals surface area contributed by atoms with Gasteiger partial charge in [0.1, 0.15) is 50.4 Å². The number of thiophene rings is 1. The van der Waals surface area contributed by atoms with Gasteiger partial charge < -0.3 is 8.98 Å². The molecule has 0 saturated heterocycles. The molecule has 10 radical (unpaired) electrons. The molecule has 67 heavy (non-hydrogen) atoms. The van der Waals surface area contributed by atoms with Gasteiger partial charge >= 0.3 is 0 Å². The Hall–Kier alpha value is -5.33. The van der Waals surface area contributed by atoms with E-state index in [-0.39, 0.29) is 33.9 Å². The number of aromatic nitrogens is 1. The van der Waals surface area contributed by atoms with E-state index in [0.717, 1.165) is 37.6 Å². The molecule has 0 unspecified atom stereocenters. The first-order valence-corrected chi connectivity index (χ1v) is 25.1. The van der Waals surface area contributed by atoms with Gasteiger partial charge in [-0.3, -0.25) is 0 Å². The predicted molar refractivity (Wildman–Crippen MR) is 297 cm³/mol. The van der Waals surface area contributed by atoms with Crippen molar-refractivity contribution in [2.45, 2.75) is 72.0 Å². The highest BCUT2D eigenvalue weighted by Gasteiger charge is 2.43. The fraction of sp³-hybridized carbons (Fsp3) is 0.143. The minimum Gasteiger partial charge on any atom is -0.457 e. The molecule has 0 saturated carbocycles. The van der Waals surface area contributed by atoms with Crippen molar-refractivity contribution in [3.63, 3.8) is 0 Å². The van der Waals surface area contributed by atoms with Crippen molar-refractivity contribution in [1.29, 1.82) is 0 Å². The molecule has 0 bridgehead atoms. The van der Waals surface area contributed by atoms with Crippen LogP contribution in [0.25, 0.3) is 80.7 Å². The summed E-state index contributed by atoms with van der Waals surface area (Å²) in [7, 11) is 33.1. The number of rotatable bonds is 2. The standard InChI is InChI=1S/C56H37B6NOS3/c1-55(2,3)27-15-19-35-32(23-27)33-24-28(56(4,5)6)16-20-36(33)63(35)29-17-18-34-39(25-29)65-40-21-26(42-45(57)47(59)49(61)48(60)46(42)58)22-41-50(40)62(34)51-52-43(30-11-7-9-13-37(30)64-52)44-31-12-8-10-14-38(31)66-53(44)54(51)67-41/h7-25H,1-6H3. The molecule has 0 aliphatic carbocycles. The number of fused-ring (bicyclic) bond motifs is 16. The van der Waals surface area contributed by atoms with Crippen LogP contribution in [-0.4, -0.2) is 50.5 Å². The van der Waals surface area contributed by atoms with E-state index in [2.05, 4.69) is 161 Å². The highest BCUT2D eigenvalue weighted by atomic mass is 32.2. The smallest absolute Gasteiger partial charge is 0.252 e. The minimum atomic E-state index is -0.142. The Bertz CT molecular complexity index is 3940. The first kappa shape index (κ1) is 41.8. The summed E-state index contributed by atoms with van der Waals surface area (Å²) >= 11 is 5.44. The van der Waals surface area contributed by atoms with Crippen LogP contribution in [0.4, 0.5) is 0 Å². The monoisotopic (exact) mass is 901 g/mol. The second-order valence-electron chi connectivity index (χ2n) is 20.3. The fourth-order valence-corrected chi connectivity index (χ4v) is 14.8. The summed E-state index contributed by atoms with van der Waals surface area (Å²) < 4.78 is 12.1. The molecule has 11 aromatic rings. The second kappa shape index (κ2) is 14.4. The summed E-state index contributed by atoms with van der Waals surface area (Å²) in [6.07, 6.45) is 0. The van der Waals surface area contributed by atoms with E-state index in [4.69, 9.17) is 43.6 Å². The number of nitrogens with zero attached hydrogens (tertiary/aromatic N) is 1. The van der Waals surface area contributed by atoms with Crippen LogP contribution in [0.1, 0.15) is 52.7 Å². The van der Waals surface area contributed by atoms with Crippen LogP contribution in [-0.2, 0) is 10.8 Å². The van der Waals surface area contributed by atoms with Crippen LogP contribution in [0, 0.1) is 0 Å². The van der Waals surface area contributed by atoms with Gasteiger partial charge in [-0.1, -0.05) is 136 Å². The maximum absolute atomic E-state index is 7.12. The van der Waals surface area contributed by atoms with E-state index in [1.165, 1.54) is 84.7 Å². The topological polar surface area (TPSA) is 18.1 Å². The molecule has 11 heteroatoms. The SMILES string of the molecule is [B]c1c([B])c([B])c(-c2cc3c4c(c2)Sc2c(c5oc6ccccc6c5c5c2sc2ccccc25)B4c2ccc(-n4c5ccc(C(C)(C)C)cc5c5cc(C(C)(C)C)ccc54)cc2S3)c([B])c1[B]. The van der Waals surface area contributed by atoms with Gasteiger partial charge in [-0.15, -0.1) is 27.7 Å². The van der Waals surface area contributed by atoms with Crippen LogP contribution in [0.2, 0.25) is 0 Å². The average Bonchev–Trinajstić information content (AvgIpc) is 3.99. The Balaban J connectivity index is 1.12. The average molecular weight is 901 g/mol.